The van der Waals surface area contributed by atoms with Crippen molar-refractivity contribution in [2.24, 2.45) is 11.8 Å². The van der Waals surface area contributed by atoms with Crippen LogP contribution in [0.2, 0.25) is 0 Å². The van der Waals surface area contributed by atoms with Gasteiger partial charge in [-0.05, 0) is 114 Å². The quantitative estimate of drug-likeness (QED) is 0.301. The van der Waals surface area contributed by atoms with Gasteiger partial charge in [-0.3, -0.25) is 4.79 Å². The summed E-state index contributed by atoms with van der Waals surface area (Å²) in [4.78, 5) is 13.6. The van der Waals surface area contributed by atoms with Crippen LogP contribution in [0.4, 0.5) is 5.69 Å². The van der Waals surface area contributed by atoms with Gasteiger partial charge in [0.25, 0.3) is 0 Å². The van der Waals surface area contributed by atoms with Crippen LogP contribution < -0.4 is 4.90 Å². The normalized spacial score (nSPS) is 16.4. The average Bonchev–Trinajstić information content (AvgIpc) is 2.88. The van der Waals surface area contributed by atoms with Crippen molar-refractivity contribution >= 4 is 17.0 Å². The highest BCUT2D eigenvalue weighted by molar-refractivity contribution is 5.78. The summed E-state index contributed by atoms with van der Waals surface area (Å²) >= 11 is 0. The molecule has 0 aromatic heterocycles. The number of nitrogens with zero attached hydrogens (tertiary/aromatic N) is 1. The molecule has 1 aliphatic carbocycles. The zero-order valence-electron chi connectivity index (χ0n) is 24.7. The molecule has 0 bridgehead atoms. The third-order valence-electron chi connectivity index (χ3n) is 7.16. The highest BCUT2D eigenvalue weighted by Crippen LogP contribution is 2.31. The lowest BCUT2D eigenvalue weighted by Gasteiger charge is -2.26. The minimum Gasteiger partial charge on any atom is -0.372 e. The van der Waals surface area contributed by atoms with E-state index in [1.807, 2.05) is 25.1 Å². The van der Waals surface area contributed by atoms with Gasteiger partial charge in [0.1, 0.15) is 5.78 Å². The highest BCUT2D eigenvalue weighted by atomic mass is 16.1. The molecule has 1 aliphatic rings. The van der Waals surface area contributed by atoms with Gasteiger partial charge in [0, 0.05) is 24.7 Å². The third-order valence-corrected chi connectivity index (χ3v) is 7.16. The Morgan fingerprint density at radius 2 is 1.57 bits per heavy atom. The number of benzene rings is 2. The molecule has 1 saturated carbocycles. The van der Waals surface area contributed by atoms with Crippen LogP contribution >= 0.6 is 0 Å². The number of hydrogen-bond acceptors (Lipinski definition) is 2. The Morgan fingerprint density at radius 1 is 0.946 bits per heavy atom. The van der Waals surface area contributed by atoms with Crippen LogP contribution in [0.3, 0.4) is 0 Å². The highest BCUT2D eigenvalue weighted by Gasteiger charge is 2.23. The van der Waals surface area contributed by atoms with Gasteiger partial charge in [0.2, 0.25) is 0 Å². The molecular formula is C35H53NO. The molecule has 0 atom stereocenters. The van der Waals surface area contributed by atoms with E-state index in [0.29, 0.717) is 11.7 Å². The summed E-state index contributed by atoms with van der Waals surface area (Å²) in [5, 5.41) is 0. The van der Waals surface area contributed by atoms with Gasteiger partial charge in [-0.15, -0.1) is 6.58 Å². The molecule has 0 radical (unpaired) electrons. The molecule has 0 N–H and O–H groups in total. The lowest BCUT2D eigenvalue weighted by Crippen LogP contribution is -2.24. The molecule has 1 fully saturated rings. The van der Waals surface area contributed by atoms with Gasteiger partial charge in [-0.25, -0.2) is 0 Å². The minimum absolute atomic E-state index is 0.375. The first-order valence-electron chi connectivity index (χ1n) is 14.4. The molecule has 0 unspecified atom stereocenters. The van der Waals surface area contributed by atoms with E-state index in [1.54, 1.807) is 6.92 Å². The molecule has 204 valence electrons. The Hall–Kier alpha value is -2.61. The third kappa shape index (κ3) is 13.0. The summed E-state index contributed by atoms with van der Waals surface area (Å²) in [5.41, 5.74) is 6.42. The first kappa shape index (κ1) is 32.4. The van der Waals surface area contributed by atoms with Crippen molar-refractivity contribution in [1.29, 1.82) is 0 Å². The number of rotatable bonds is 10. The standard InChI is InChI=1S/C13H21N.C12H20O.C10H12/c1-4-9-14(10-5-2)13-8-6-7-12(3)11-13;1-3-4-5-11-6-8-12(9-7-11)10(2)13;1-8(2)10-7-5-4-6-9(10)3/h6-8,11H,4-5,9-10H2,1-3H3;3,11-12H,1,4-9H2,2H3;4-7H,1H2,2-3H3. The van der Waals surface area contributed by atoms with Crippen molar-refractivity contribution in [1.82, 2.24) is 0 Å². The number of carbonyl (C=O) groups is 1. The second-order valence-electron chi connectivity index (χ2n) is 10.6. The number of Topliss-reactive ketones (excluding diaryl/α,β-unsaturated/α-hetero) is 1. The summed E-state index contributed by atoms with van der Waals surface area (Å²) in [6.07, 6.45) is 11.6. The van der Waals surface area contributed by atoms with Crippen LogP contribution in [-0.4, -0.2) is 18.9 Å². The number of carbonyl (C=O) groups excluding carboxylic acids is 1. The predicted octanol–water partition coefficient (Wildman–Crippen LogP) is 10.00. The van der Waals surface area contributed by atoms with Crippen molar-refractivity contribution in [2.45, 2.75) is 92.9 Å². The summed E-state index contributed by atoms with van der Waals surface area (Å²) in [7, 11) is 0. The predicted molar refractivity (Wildman–Crippen MR) is 165 cm³/mol. The first-order chi connectivity index (χ1) is 17.7. The molecule has 2 aromatic rings. The van der Waals surface area contributed by atoms with E-state index in [-0.39, 0.29) is 0 Å². The smallest absolute Gasteiger partial charge is 0.132 e. The molecule has 0 aliphatic heterocycles. The molecule has 37 heavy (non-hydrogen) atoms. The average molecular weight is 504 g/mol. The first-order valence-corrected chi connectivity index (χ1v) is 14.4. The van der Waals surface area contributed by atoms with E-state index in [2.05, 4.69) is 82.2 Å². The Morgan fingerprint density at radius 3 is 2.03 bits per heavy atom. The van der Waals surface area contributed by atoms with Crippen LogP contribution in [-0.2, 0) is 4.79 Å². The topological polar surface area (TPSA) is 20.3 Å². The second kappa shape index (κ2) is 18.6. The maximum atomic E-state index is 11.1. The van der Waals surface area contributed by atoms with Crippen LogP contribution in [0.15, 0.2) is 67.8 Å². The fourth-order valence-corrected chi connectivity index (χ4v) is 5.00. The molecule has 0 heterocycles. The Labute approximate surface area is 228 Å². The van der Waals surface area contributed by atoms with Crippen LogP contribution in [0, 0.1) is 25.7 Å². The zero-order chi connectivity index (χ0) is 27.6. The molecule has 2 nitrogen and oxygen atoms in total. The molecule has 0 spiro atoms. The largest absolute Gasteiger partial charge is 0.372 e. The molecular weight excluding hydrogens is 450 g/mol. The van der Waals surface area contributed by atoms with E-state index in [9.17, 15) is 4.79 Å². The fraction of sp³-hybridized carbons (Fsp3) is 0.514. The monoisotopic (exact) mass is 503 g/mol. The van der Waals surface area contributed by atoms with Crippen LogP contribution in [0.25, 0.3) is 5.57 Å². The fourth-order valence-electron chi connectivity index (χ4n) is 5.00. The maximum Gasteiger partial charge on any atom is 0.132 e. The Balaban J connectivity index is 0.000000281. The maximum absolute atomic E-state index is 11.1. The number of anilines is 1. The van der Waals surface area contributed by atoms with Crippen molar-refractivity contribution < 1.29 is 4.79 Å². The minimum atomic E-state index is 0.375. The van der Waals surface area contributed by atoms with E-state index >= 15 is 0 Å². The van der Waals surface area contributed by atoms with Gasteiger partial charge in [-0.1, -0.05) is 68.5 Å². The van der Waals surface area contributed by atoms with Gasteiger partial charge in [-0.2, -0.15) is 0 Å². The van der Waals surface area contributed by atoms with E-state index in [4.69, 9.17) is 0 Å². The summed E-state index contributed by atoms with van der Waals surface area (Å²) in [6, 6.07) is 17.0. The number of allylic oxidation sites excluding steroid dienone is 2. The van der Waals surface area contributed by atoms with Crippen molar-refractivity contribution in [3.05, 3.63) is 84.5 Å². The summed E-state index contributed by atoms with van der Waals surface area (Å²) < 4.78 is 0. The zero-order valence-corrected chi connectivity index (χ0v) is 24.7. The number of aryl methyl sites for hydroxylation is 2. The van der Waals surface area contributed by atoms with E-state index < -0.39 is 0 Å². The Kier molecular flexibility index (Phi) is 16.3. The van der Waals surface area contributed by atoms with Gasteiger partial charge < -0.3 is 4.90 Å². The lowest BCUT2D eigenvalue weighted by atomic mass is 9.78. The van der Waals surface area contributed by atoms with Gasteiger partial charge in [0.05, 0.1) is 0 Å². The van der Waals surface area contributed by atoms with Crippen LogP contribution in [0.5, 0.6) is 0 Å². The lowest BCUT2D eigenvalue weighted by molar-refractivity contribution is -0.121. The van der Waals surface area contributed by atoms with Gasteiger partial charge in [0.15, 0.2) is 0 Å². The molecule has 3 rings (SSSR count). The van der Waals surface area contributed by atoms with E-state index in [0.717, 1.165) is 43.8 Å². The molecule has 0 amide bonds. The molecule has 0 saturated heterocycles. The summed E-state index contributed by atoms with van der Waals surface area (Å²) in [6.45, 7) is 22.4. The number of ketones is 1. The second-order valence-corrected chi connectivity index (χ2v) is 10.6. The van der Waals surface area contributed by atoms with Crippen molar-refractivity contribution in [2.75, 3.05) is 18.0 Å². The molecule has 2 aromatic carbocycles. The summed E-state index contributed by atoms with van der Waals surface area (Å²) in [5.74, 6) is 1.62. The van der Waals surface area contributed by atoms with Gasteiger partial charge >= 0.3 is 0 Å². The van der Waals surface area contributed by atoms with Crippen LogP contribution in [0.1, 0.15) is 95.8 Å². The SMILES string of the molecule is C=C(C)c1ccccc1C.C=CCCC1CCC(C(C)=O)CC1.CCCN(CCC)c1cccc(C)c1. The Bertz CT molecular complexity index is 930. The molecule has 2 heteroatoms. The van der Waals surface area contributed by atoms with Crippen molar-refractivity contribution in [3.8, 4) is 0 Å². The van der Waals surface area contributed by atoms with E-state index in [1.165, 1.54) is 54.5 Å². The van der Waals surface area contributed by atoms with Crippen molar-refractivity contribution in [3.63, 3.8) is 0 Å². The number of hydrogen-bond donors (Lipinski definition) is 0.